The Morgan fingerprint density at radius 2 is 1.33 bits per heavy atom. The summed E-state index contributed by atoms with van der Waals surface area (Å²) in [5.41, 5.74) is 18.1. The number of pyridine rings is 2. The summed E-state index contributed by atoms with van der Waals surface area (Å²) in [6, 6.07) is 46.0. The predicted octanol–water partition coefficient (Wildman–Crippen LogP) is 13.0. The first-order valence-electron chi connectivity index (χ1n) is 19.2. The summed E-state index contributed by atoms with van der Waals surface area (Å²) >= 11 is 0. The maximum atomic E-state index is 6.53. The van der Waals surface area contributed by atoms with E-state index in [4.69, 9.17) is 9.40 Å². The number of rotatable bonds is 3. The molecule has 3 aliphatic rings. The third-order valence-electron chi connectivity index (χ3n) is 11.7. The smallest absolute Gasteiger partial charge is 0.137 e. The lowest BCUT2D eigenvalue weighted by Gasteiger charge is -2.28. The van der Waals surface area contributed by atoms with E-state index in [9.17, 15) is 0 Å². The fourth-order valence-corrected chi connectivity index (χ4v) is 9.20. The summed E-state index contributed by atoms with van der Waals surface area (Å²) in [7, 11) is 0. The van der Waals surface area contributed by atoms with E-state index in [1.165, 1.54) is 44.6 Å². The second kappa shape index (κ2) is 11.8. The van der Waals surface area contributed by atoms with Crippen LogP contribution in [0.5, 0.6) is 0 Å². The summed E-state index contributed by atoms with van der Waals surface area (Å²) in [5, 5.41) is 3.37. The van der Waals surface area contributed by atoms with Crippen LogP contribution in [0.15, 0.2) is 150 Å². The van der Waals surface area contributed by atoms with Gasteiger partial charge >= 0.3 is 0 Å². The highest BCUT2D eigenvalue weighted by Gasteiger charge is 2.33. The first kappa shape index (κ1) is 30.5. The highest BCUT2D eigenvalue weighted by Crippen LogP contribution is 2.54. The van der Waals surface area contributed by atoms with Gasteiger partial charge < -0.3 is 13.9 Å². The Hall–Kier alpha value is -6.98. The molecule has 0 unspecified atom stereocenters. The topological polar surface area (TPSA) is 47.1 Å². The van der Waals surface area contributed by atoms with Crippen molar-refractivity contribution in [3.63, 3.8) is 0 Å². The van der Waals surface area contributed by atoms with Crippen LogP contribution in [0, 0.1) is 0 Å². The van der Waals surface area contributed by atoms with Crippen molar-refractivity contribution < 1.29 is 4.42 Å². The molecule has 0 fully saturated rings. The third kappa shape index (κ3) is 4.53. The number of anilines is 3. The van der Waals surface area contributed by atoms with Crippen LogP contribution < -0.4 is 4.90 Å². The van der Waals surface area contributed by atoms with Gasteiger partial charge in [0.2, 0.25) is 0 Å². The Labute approximate surface area is 318 Å². The molecule has 0 amide bonds. The molecule has 260 valence electrons. The fourth-order valence-electron chi connectivity index (χ4n) is 9.20. The molecule has 5 heterocycles. The van der Waals surface area contributed by atoms with Gasteiger partial charge in [-0.1, -0.05) is 97.1 Å². The third-order valence-corrected chi connectivity index (χ3v) is 11.7. The molecule has 0 bridgehead atoms. The van der Waals surface area contributed by atoms with E-state index in [1.807, 2.05) is 12.3 Å². The molecule has 0 saturated carbocycles. The summed E-state index contributed by atoms with van der Waals surface area (Å²) in [5.74, 6) is 1.09. The molecule has 55 heavy (non-hydrogen) atoms. The van der Waals surface area contributed by atoms with E-state index in [0.717, 1.165) is 92.8 Å². The number of furan rings is 1. The van der Waals surface area contributed by atoms with Crippen molar-refractivity contribution in [2.24, 2.45) is 0 Å². The summed E-state index contributed by atoms with van der Waals surface area (Å²) < 4.78 is 9.05. The molecule has 0 N–H and O–H groups in total. The average Bonchev–Trinajstić information content (AvgIpc) is 3.76. The Morgan fingerprint density at radius 3 is 2.20 bits per heavy atom. The van der Waals surface area contributed by atoms with Crippen LogP contribution in [-0.4, -0.2) is 14.5 Å². The average molecular weight is 707 g/mol. The number of fused-ring (bicyclic) bond motifs is 13. The van der Waals surface area contributed by atoms with Crippen LogP contribution in [0.3, 0.4) is 0 Å². The van der Waals surface area contributed by atoms with Crippen molar-refractivity contribution >= 4 is 62.0 Å². The lowest BCUT2D eigenvalue weighted by Crippen LogP contribution is -2.12. The molecule has 4 aromatic heterocycles. The minimum Gasteiger partial charge on any atom is -0.460 e. The summed E-state index contributed by atoms with van der Waals surface area (Å²) in [4.78, 5) is 12.3. The van der Waals surface area contributed by atoms with Gasteiger partial charge in [-0.2, -0.15) is 0 Å². The Balaban J connectivity index is 1.04. The van der Waals surface area contributed by atoms with E-state index in [2.05, 4.69) is 160 Å². The first-order valence-corrected chi connectivity index (χ1v) is 19.2. The van der Waals surface area contributed by atoms with Crippen LogP contribution in [0.1, 0.15) is 35.4 Å². The molecule has 2 aliphatic carbocycles. The monoisotopic (exact) mass is 706 g/mol. The van der Waals surface area contributed by atoms with Gasteiger partial charge in [-0.05, 0) is 67.8 Å². The predicted molar refractivity (Wildman–Crippen MR) is 225 cm³/mol. The quantitative estimate of drug-likeness (QED) is 0.172. The van der Waals surface area contributed by atoms with Gasteiger partial charge in [-0.25, -0.2) is 4.98 Å². The van der Waals surface area contributed by atoms with E-state index < -0.39 is 0 Å². The standard InChI is InChI=1S/C50H34N4O/c1-5-15-42-38(12-1)47-39-13-2-6-16-43(39)54(35-26-27-37-36-11-4-8-18-45(36)55-46(37)30-35)50(47)40-14-3-7-17-44(40)53(42)34-24-21-31(22-25-34)41-28-23-33-20-19-32-10-9-29-51-48(32)49(33)52-41/h1-5,7,9-15,17,19-30H,6,8,16,18H2. The zero-order valence-corrected chi connectivity index (χ0v) is 30.0. The lowest BCUT2D eigenvalue weighted by molar-refractivity contribution is 0.546. The van der Waals surface area contributed by atoms with Crippen LogP contribution in [0.25, 0.3) is 84.3 Å². The van der Waals surface area contributed by atoms with Crippen molar-refractivity contribution in [2.45, 2.75) is 25.7 Å². The van der Waals surface area contributed by atoms with E-state index in [-0.39, 0.29) is 0 Å². The van der Waals surface area contributed by atoms with Gasteiger partial charge in [-0.15, -0.1) is 0 Å². The normalized spacial score (nSPS) is 14.1. The number of para-hydroxylation sites is 2. The molecule has 0 radical (unpaired) electrons. The molecule has 0 saturated heterocycles. The van der Waals surface area contributed by atoms with Gasteiger partial charge in [0.15, 0.2) is 0 Å². The molecule has 0 atom stereocenters. The van der Waals surface area contributed by atoms with Crippen molar-refractivity contribution in [1.82, 2.24) is 14.5 Å². The number of aryl methyl sites for hydroxylation is 1. The molecular weight excluding hydrogens is 673 g/mol. The van der Waals surface area contributed by atoms with E-state index in [1.54, 1.807) is 0 Å². The molecule has 5 heteroatoms. The Bertz CT molecular complexity index is 3110. The van der Waals surface area contributed by atoms with Gasteiger partial charge in [0.05, 0.1) is 33.8 Å². The maximum Gasteiger partial charge on any atom is 0.137 e. The van der Waals surface area contributed by atoms with Crippen LogP contribution in [-0.2, 0) is 12.8 Å². The first-order chi connectivity index (χ1) is 27.3. The van der Waals surface area contributed by atoms with E-state index in [0.29, 0.717) is 0 Å². The Kier molecular flexibility index (Phi) is 6.52. The number of aromatic nitrogens is 3. The van der Waals surface area contributed by atoms with E-state index >= 15 is 0 Å². The van der Waals surface area contributed by atoms with Gasteiger partial charge in [0.25, 0.3) is 0 Å². The fraction of sp³-hybridized carbons (Fsp3) is 0.0800. The van der Waals surface area contributed by atoms with Gasteiger partial charge in [0, 0.05) is 85.3 Å². The number of benzene rings is 5. The molecule has 5 nitrogen and oxygen atoms in total. The minimum atomic E-state index is 0.924. The van der Waals surface area contributed by atoms with Gasteiger partial charge in [-0.3, -0.25) is 4.98 Å². The summed E-state index contributed by atoms with van der Waals surface area (Å²) in [6.07, 6.45) is 15.0. The minimum absolute atomic E-state index is 0.924. The second-order valence-electron chi connectivity index (χ2n) is 14.7. The SMILES string of the molecule is C1=Cc2c(oc3cc(-n4c5c(c6c4-c4ccccc4N(c4ccc(-c7ccc8ccc9cccnc9c8n7)cc4)c4ccccc4-6)C=CCC5)ccc23)CC1. The number of hydrogen-bond acceptors (Lipinski definition) is 4. The molecule has 1 aliphatic heterocycles. The Morgan fingerprint density at radius 1 is 0.600 bits per heavy atom. The zero-order chi connectivity index (χ0) is 36.0. The molecule has 12 rings (SSSR count). The largest absolute Gasteiger partial charge is 0.460 e. The second-order valence-corrected chi connectivity index (χ2v) is 14.7. The number of nitrogens with zero attached hydrogens (tertiary/aromatic N) is 4. The van der Waals surface area contributed by atoms with Crippen molar-refractivity contribution in [3.8, 4) is 39.3 Å². The lowest BCUT2D eigenvalue weighted by atomic mass is 9.94. The highest BCUT2D eigenvalue weighted by molar-refractivity contribution is 6.06. The van der Waals surface area contributed by atoms with Crippen molar-refractivity contribution in [3.05, 3.63) is 168 Å². The maximum absolute atomic E-state index is 6.53. The highest BCUT2D eigenvalue weighted by atomic mass is 16.3. The van der Waals surface area contributed by atoms with Gasteiger partial charge in [0.1, 0.15) is 11.3 Å². The molecule has 5 aromatic carbocycles. The molecule has 9 aromatic rings. The van der Waals surface area contributed by atoms with Crippen LogP contribution >= 0.6 is 0 Å². The molecular formula is C50H34N4O. The number of allylic oxidation sites excluding steroid dienone is 2. The van der Waals surface area contributed by atoms with Crippen molar-refractivity contribution in [2.75, 3.05) is 4.90 Å². The zero-order valence-electron chi connectivity index (χ0n) is 30.0. The van der Waals surface area contributed by atoms with Crippen LogP contribution in [0.2, 0.25) is 0 Å². The summed E-state index contributed by atoms with van der Waals surface area (Å²) in [6.45, 7) is 0. The number of hydrogen-bond donors (Lipinski definition) is 0. The molecule has 0 spiro atoms. The van der Waals surface area contributed by atoms with Crippen molar-refractivity contribution in [1.29, 1.82) is 0 Å². The van der Waals surface area contributed by atoms with Crippen LogP contribution in [0.4, 0.5) is 17.1 Å².